The van der Waals surface area contributed by atoms with Crippen molar-refractivity contribution in [2.45, 2.75) is 0 Å². The van der Waals surface area contributed by atoms with Crippen LogP contribution >= 0.6 is 0 Å². The molecule has 0 unspecified atom stereocenters. The van der Waals surface area contributed by atoms with Crippen LogP contribution in [0.5, 0.6) is 0 Å². The number of fused-ring (bicyclic) bond motifs is 4. The minimum absolute atomic E-state index is 0.857. The topological polar surface area (TPSA) is 26.0 Å². The lowest BCUT2D eigenvalue weighted by Gasteiger charge is -2.05. The van der Waals surface area contributed by atoms with Crippen molar-refractivity contribution in [1.82, 2.24) is 4.98 Å². The van der Waals surface area contributed by atoms with E-state index >= 15 is 0 Å². The zero-order valence-electron chi connectivity index (χ0n) is 12.3. The van der Waals surface area contributed by atoms with E-state index in [9.17, 15) is 0 Å². The van der Waals surface area contributed by atoms with E-state index in [2.05, 4.69) is 29.2 Å². The van der Waals surface area contributed by atoms with Crippen LogP contribution < -0.4 is 0 Å². The van der Waals surface area contributed by atoms with Gasteiger partial charge in [-0.15, -0.1) is 0 Å². The van der Waals surface area contributed by atoms with Gasteiger partial charge in [0.2, 0.25) is 0 Å². The molecule has 0 aliphatic heterocycles. The molecule has 1 radical (unpaired) electrons. The Morgan fingerprint density at radius 3 is 2.52 bits per heavy atom. The first kappa shape index (κ1) is 12.4. The van der Waals surface area contributed by atoms with E-state index in [-0.39, 0.29) is 0 Å². The number of pyridine rings is 1. The highest BCUT2D eigenvalue weighted by Gasteiger charge is 2.10. The van der Waals surface area contributed by atoms with Crippen LogP contribution in [0.3, 0.4) is 0 Å². The highest BCUT2D eigenvalue weighted by atomic mass is 16.3. The Kier molecular flexibility index (Phi) is 2.53. The van der Waals surface area contributed by atoms with E-state index < -0.39 is 0 Å². The molecule has 107 valence electrons. The van der Waals surface area contributed by atoms with Crippen LogP contribution in [0.25, 0.3) is 44.0 Å². The average Bonchev–Trinajstić information content (AvgIpc) is 2.99. The Labute approximate surface area is 133 Å². The van der Waals surface area contributed by atoms with Crippen LogP contribution in [-0.2, 0) is 0 Å². The summed E-state index contributed by atoms with van der Waals surface area (Å²) < 4.78 is 5.88. The zero-order chi connectivity index (χ0) is 15.2. The second kappa shape index (κ2) is 4.68. The van der Waals surface area contributed by atoms with Crippen LogP contribution in [0.4, 0.5) is 0 Å². The summed E-state index contributed by atoms with van der Waals surface area (Å²) in [5.41, 5.74) is 3.69. The molecule has 0 fully saturated rings. The van der Waals surface area contributed by atoms with Gasteiger partial charge in [0.25, 0.3) is 0 Å². The van der Waals surface area contributed by atoms with E-state index in [0.29, 0.717) is 0 Å². The molecule has 5 aromatic rings. The number of benzene rings is 3. The minimum Gasteiger partial charge on any atom is -0.456 e. The third kappa shape index (κ3) is 1.85. The number of furan rings is 1. The van der Waals surface area contributed by atoms with Crippen LogP contribution in [0.1, 0.15) is 0 Å². The largest absolute Gasteiger partial charge is 0.456 e. The van der Waals surface area contributed by atoms with E-state index in [1.165, 1.54) is 5.39 Å². The van der Waals surface area contributed by atoms with Gasteiger partial charge in [-0.3, -0.25) is 4.98 Å². The van der Waals surface area contributed by atoms with Crippen molar-refractivity contribution < 1.29 is 4.42 Å². The van der Waals surface area contributed by atoms with Gasteiger partial charge >= 0.3 is 0 Å². The van der Waals surface area contributed by atoms with E-state index in [0.717, 1.165) is 38.6 Å². The Hall–Kier alpha value is -3.13. The molecule has 2 aromatic heterocycles. The zero-order valence-corrected chi connectivity index (χ0v) is 12.3. The van der Waals surface area contributed by atoms with E-state index in [1.807, 2.05) is 54.7 Å². The van der Waals surface area contributed by atoms with Gasteiger partial charge in [0.05, 0.1) is 5.69 Å². The fourth-order valence-electron chi connectivity index (χ4n) is 3.12. The number of nitrogens with zero attached hydrogens (tertiary/aromatic N) is 1. The molecule has 5 rings (SSSR count). The predicted molar refractivity (Wildman–Crippen MR) is 93.3 cm³/mol. The SMILES string of the molecule is [c]1c(-c2nccc3ccccc23)ccc2oc3ccccc3c12. The maximum atomic E-state index is 5.88. The minimum atomic E-state index is 0.857. The molecule has 2 heteroatoms. The van der Waals surface area contributed by atoms with Gasteiger partial charge in [-0.2, -0.15) is 0 Å². The van der Waals surface area contributed by atoms with E-state index in [4.69, 9.17) is 4.42 Å². The van der Waals surface area contributed by atoms with Gasteiger partial charge in [0, 0.05) is 34.0 Å². The first-order valence-corrected chi connectivity index (χ1v) is 7.58. The molecule has 0 saturated heterocycles. The van der Waals surface area contributed by atoms with Crippen molar-refractivity contribution in [2.24, 2.45) is 0 Å². The maximum absolute atomic E-state index is 5.88. The molecule has 0 bridgehead atoms. The number of hydrogen-bond donors (Lipinski definition) is 0. The highest BCUT2D eigenvalue weighted by Crippen LogP contribution is 2.33. The summed E-state index contributed by atoms with van der Waals surface area (Å²) >= 11 is 0. The van der Waals surface area contributed by atoms with Crippen molar-refractivity contribution in [1.29, 1.82) is 0 Å². The molecule has 0 amide bonds. The first-order chi connectivity index (χ1) is 11.4. The normalized spacial score (nSPS) is 11.5. The monoisotopic (exact) mass is 294 g/mol. The summed E-state index contributed by atoms with van der Waals surface area (Å²) in [6.07, 6.45) is 1.85. The lowest BCUT2D eigenvalue weighted by molar-refractivity contribution is 0.669. The summed E-state index contributed by atoms with van der Waals surface area (Å²) in [6.45, 7) is 0. The van der Waals surface area contributed by atoms with Crippen LogP contribution in [0.15, 0.2) is 77.3 Å². The van der Waals surface area contributed by atoms with Gasteiger partial charge in [0.15, 0.2) is 0 Å². The van der Waals surface area contributed by atoms with Gasteiger partial charge in [0.1, 0.15) is 11.2 Å². The molecule has 23 heavy (non-hydrogen) atoms. The quantitative estimate of drug-likeness (QED) is 0.402. The number of aromatic nitrogens is 1. The van der Waals surface area contributed by atoms with Crippen molar-refractivity contribution in [3.63, 3.8) is 0 Å². The summed E-state index contributed by atoms with van der Waals surface area (Å²) in [7, 11) is 0. The fourth-order valence-corrected chi connectivity index (χ4v) is 3.12. The Morgan fingerprint density at radius 2 is 1.57 bits per heavy atom. The molecule has 0 N–H and O–H groups in total. The van der Waals surface area contributed by atoms with Crippen molar-refractivity contribution in [3.05, 3.63) is 79.0 Å². The molecule has 0 atom stereocenters. The van der Waals surface area contributed by atoms with Gasteiger partial charge in [-0.25, -0.2) is 0 Å². The third-order valence-corrected chi connectivity index (χ3v) is 4.21. The van der Waals surface area contributed by atoms with Crippen LogP contribution in [-0.4, -0.2) is 4.98 Å². The molecule has 0 aliphatic rings. The molecule has 3 aromatic carbocycles. The van der Waals surface area contributed by atoms with Gasteiger partial charge < -0.3 is 4.42 Å². The standard InChI is InChI=1S/C21H12NO/c1-2-6-16-14(5-1)11-12-22-21(16)15-9-10-20-18(13-15)17-7-3-4-8-19(17)23-20/h1-12H. The lowest BCUT2D eigenvalue weighted by atomic mass is 10.0. The molecule has 0 saturated carbocycles. The second-order valence-electron chi connectivity index (χ2n) is 5.59. The smallest absolute Gasteiger partial charge is 0.136 e. The number of hydrogen-bond acceptors (Lipinski definition) is 2. The second-order valence-corrected chi connectivity index (χ2v) is 5.59. The maximum Gasteiger partial charge on any atom is 0.136 e. The Morgan fingerprint density at radius 1 is 0.739 bits per heavy atom. The van der Waals surface area contributed by atoms with Crippen LogP contribution in [0.2, 0.25) is 0 Å². The van der Waals surface area contributed by atoms with Crippen molar-refractivity contribution in [3.8, 4) is 11.3 Å². The lowest BCUT2D eigenvalue weighted by Crippen LogP contribution is -1.86. The highest BCUT2D eigenvalue weighted by molar-refractivity contribution is 6.06. The molecular weight excluding hydrogens is 282 g/mol. The molecule has 2 nitrogen and oxygen atoms in total. The molecule has 2 heterocycles. The van der Waals surface area contributed by atoms with Gasteiger partial charge in [-0.05, 0) is 29.7 Å². The Bertz CT molecular complexity index is 1160. The number of rotatable bonds is 1. The third-order valence-electron chi connectivity index (χ3n) is 4.21. The summed E-state index contributed by atoms with van der Waals surface area (Å²) in [5, 5.41) is 4.42. The Balaban J connectivity index is 1.84. The van der Waals surface area contributed by atoms with Crippen molar-refractivity contribution in [2.75, 3.05) is 0 Å². The van der Waals surface area contributed by atoms with Crippen molar-refractivity contribution >= 4 is 32.7 Å². The fraction of sp³-hybridized carbons (Fsp3) is 0. The van der Waals surface area contributed by atoms with E-state index in [1.54, 1.807) is 0 Å². The molecular formula is C21H12NO. The summed E-state index contributed by atoms with van der Waals surface area (Å²) in [6, 6.07) is 25.9. The van der Waals surface area contributed by atoms with Crippen LogP contribution in [0, 0.1) is 6.07 Å². The number of para-hydroxylation sites is 1. The predicted octanol–water partition coefficient (Wildman–Crippen LogP) is 5.60. The first-order valence-electron chi connectivity index (χ1n) is 7.58. The van der Waals surface area contributed by atoms with Gasteiger partial charge in [-0.1, -0.05) is 42.5 Å². The molecule has 0 spiro atoms. The summed E-state index contributed by atoms with van der Waals surface area (Å²) in [4.78, 5) is 4.59. The summed E-state index contributed by atoms with van der Waals surface area (Å²) in [5.74, 6) is 0. The average molecular weight is 294 g/mol. The molecule has 0 aliphatic carbocycles.